The molecule has 1 N–H and O–H groups in total. The van der Waals surface area contributed by atoms with Crippen molar-refractivity contribution in [1.82, 2.24) is 15.1 Å². The van der Waals surface area contributed by atoms with Crippen molar-refractivity contribution in [2.45, 2.75) is 31.8 Å². The third-order valence-corrected chi connectivity index (χ3v) is 5.62. The van der Waals surface area contributed by atoms with Crippen LogP contribution in [0.15, 0.2) is 22.7 Å². The molecule has 2 heterocycles. The van der Waals surface area contributed by atoms with Crippen LogP contribution in [0.3, 0.4) is 0 Å². The van der Waals surface area contributed by atoms with Crippen LogP contribution in [0, 0.1) is 0 Å². The van der Waals surface area contributed by atoms with Gasteiger partial charge in [0.1, 0.15) is 12.4 Å². The first-order valence-electron chi connectivity index (χ1n) is 8.69. The smallest absolute Gasteiger partial charge is 0.122 e. The topological polar surface area (TPSA) is 27.7 Å². The SMILES string of the molecule is CC1CNCCN1CCCN(C)C1COc2ccc(Br)cc2C1. The summed E-state index contributed by atoms with van der Waals surface area (Å²) in [5.41, 5.74) is 1.32. The lowest BCUT2D eigenvalue weighted by molar-refractivity contribution is 0.126. The number of nitrogens with one attached hydrogen (secondary N) is 1. The second-order valence-electron chi connectivity index (χ2n) is 6.84. The second kappa shape index (κ2) is 7.97. The van der Waals surface area contributed by atoms with E-state index in [1.807, 2.05) is 0 Å². The Balaban J connectivity index is 1.46. The number of hydrogen-bond acceptors (Lipinski definition) is 4. The molecule has 0 aromatic heterocycles. The molecule has 2 aliphatic rings. The van der Waals surface area contributed by atoms with Crippen LogP contribution in [0.2, 0.25) is 0 Å². The molecule has 128 valence electrons. The first kappa shape index (κ1) is 17.2. The van der Waals surface area contributed by atoms with E-state index >= 15 is 0 Å². The van der Waals surface area contributed by atoms with E-state index in [4.69, 9.17) is 4.74 Å². The van der Waals surface area contributed by atoms with Gasteiger partial charge in [-0.2, -0.15) is 0 Å². The first-order valence-corrected chi connectivity index (χ1v) is 9.49. The highest BCUT2D eigenvalue weighted by molar-refractivity contribution is 9.10. The van der Waals surface area contributed by atoms with E-state index in [-0.39, 0.29) is 0 Å². The molecule has 0 saturated carbocycles. The van der Waals surface area contributed by atoms with Crippen molar-refractivity contribution in [2.75, 3.05) is 46.4 Å². The molecular weight excluding hydrogens is 354 g/mol. The first-order chi connectivity index (χ1) is 11.1. The fraction of sp³-hybridized carbons (Fsp3) is 0.667. The van der Waals surface area contributed by atoms with Gasteiger partial charge < -0.3 is 10.1 Å². The standard InChI is InChI=1S/C18H28BrN3O/c1-14-12-20-6-9-22(14)8-3-7-21(2)17-11-15-10-16(19)4-5-18(15)23-13-17/h4-5,10,14,17,20H,3,6-9,11-13H2,1-2H3. The summed E-state index contributed by atoms with van der Waals surface area (Å²) < 4.78 is 7.08. The molecule has 0 bridgehead atoms. The number of likely N-dealkylation sites (N-methyl/N-ethyl adjacent to an activating group) is 1. The average molecular weight is 382 g/mol. The van der Waals surface area contributed by atoms with E-state index in [2.05, 4.69) is 63.2 Å². The van der Waals surface area contributed by atoms with Crippen LogP contribution in [0.5, 0.6) is 5.75 Å². The third-order valence-electron chi connectivity index (χ3n) is 5.13. The van der Waals surface area contributed by atoms with Crippen molar-refractivity contribution < 1.29 is 4.74 Å². The van der Waals surface area contributed by atoms with Gasteiger partial charge in [0.05, 0.1) is 0 Å². The molecule has 1 aromatic carbocycles. The Kier molecular flexibility index (Phi) is 5.96. The van der Waals surface area contributed by atoms with Gasteiger partial charge >= 0.3 is 0 Å². The van der Waals surface area contributed by atoms with Gasteiger partial charge in [-0.15, -0.1) is 0 Å². The van der Waals surface area contributed by atoms with Gasteiger partial charge in [-0.25, -0.2) is 0 Å². The van der Waals surface area contributed by atoms with E-state index < -0.39 is 0 Å². The van der Waals surface area contributed by atoms with Gasteiger partial charge in [0, 0.05) is 36.2 Å². The number of hydrogen-bond donors (Lipinski definition) is 1. The summed E-state index contributed by atoms with van der Waals surface area (Å²) in [4.78, 5) is 5.07. The molecule has 2 aliphatic heterocycles. The number of nitrogens with zero attached hydrogens (tertiary/aromatic N) is 2. The molecular formula is C18H28BrN3O. The van der Waals surface area contributed by atoms with E-state index in [1.165, 1.54) is 25.1 Å². The van der Waals surface area contributed by atoms with Crippen LogP contribution in [0.4, 0.5) is 0 Å². The molecule has 0 amide bonds. The molecule has 1 aromatic rings. The lowest BCUT2D eigenvalue weighted by atomic mass is 10.0. The van der Waals surface area contributed by atoms with E-state index in [1.54, 1.807) is 0 Å². The highest BCUT2D eigenvalue weighted by Crippen LogP contribution is 2.29. The lowest BCUT2D eigenvalue weighted by Crippen LogP contribution is -2.50. The zero-order valence-corrected chi connectivity index (χ0v) is 15.8. The van der Waals surface area contributed by atoms with Crippen molar-refractivity contribution in [3.63, 3.8) is 0 Å². The Morgan fingerprint density at radius 2 is 2.30 bits per heavy atom. The summed E-state index contributed by atoms with van der Waals surface area (Å²) >= 11 is 3.56. The summed E-state index contributed by atoms with van der Waals surface area (Å²) in [5, 5.41) is 3.46. The van der Waals surface area contributed by atoms with Crippen LogP contribution in [0.1, 0.15) is 18.9 Å². The third kappa shape index (κ3) is 4.47. The predicted octanol–water partition coefficient (Wildman–Crippen LogP) is 2.37. The van der Waals surface area contributed by atoms with E-state index in [0.29, 0.717) is 12.1 Å². The summed E-state index contributed by atoms with van der Waals surface area (Å²) in [6.07, 6.45) is 2.30. The lowest BCUT2D eigenvalue weighted by Gasteiger charge is -2.35. The fourth-order valence-corrected chi connectivity index (χ4v) is 3.96. The maximum atomic E-state index is 5.94. The maximum Gasteiger partial charge on any atom is 0.122 e. The van der Waals surface area contributed by atoms with Crippen LogP contribution >= 0.6 is 15.9 Å². The Morgan fingerprint density at radius 3 is 3.13 bits per heavy atom. The Morgan fingerprint density at radius 1 is 1.43 bits per heavy atom. The van der Waals surface area contributed by atoms with Gasteiger partial charge in [0.2, 0.25) is 0 Å². The fourth-order valence-electron chi connectivity index (χ4n) is 3.55. The molecule has 2 unspecified atom stereocenters. The molecule has 0 spiro atoms. The van der Waals surface area contributed by atoms with Crippen molar-refractivity contribution in [3.05, 3.63) is 28.2 Å². The number of rotatable bonds is 5. The monoisotopic (exact) mass is 381 g/mol. The van der Waals surface area contributed by atoms with Crippen molar-refractivity contribution in [2.24, 2.45) is 0 Å². The Hall–Kier alpha value is -0.620. The van der Waals surface area contributed by atoms with Crippen LogP contribution in [-0.2, 0) is 6.42 Å². The molecule has 0 aliphatic carbocycles. The number of halogens is 1. The largest absolute Gasteiger partial charge is 0.492 e. The van der Waals surface area contributed by atoms with Crippen molar-refractivity contribution in [3.8, 4) is 5.75 Å². The molecule has 2 atom stereocenters. The summed E-state index contributed by atoms with van der Waals surface area (Å²) in [7, 11) is 2.23. The highest BCUT2D eigenvalue weighted by atomic mass is 79.9. The molecule has 3 rings (SSSR count). The summed E-state index contributed by atoms with van der Waals surface area (Å²) in [6.45, 7) is 8.88. The number of fused-ring (bicyclic) bond motifs is 1. The van der Waals surface area contributed by atoms with Gasteiger partial charge in [-0.05, 0) is 63.7 Å². The zero-order valence-electron chi connectivity index (χ0n) is 14.2. The molecule has 23 heavy (non-hydrogen) atoms. The number of ether oxygens (including phenoxy) is 1. The molecule has 0 radical (unpaired) electrons. The minimum absolute atomic E-state index is 0.484. The second-order valence-corrected chi connectivity index (χ2v) is 7.76. The minimum Gasteiger partial charge on any atom is -0.492 e. The van der Waals surface area contributed by atoms with Crippen molar-refractivity contribution in [1.29, 1.82) is 0 Å². The normalized spacial score (nSPS) is 25.2. The summed E-state index contributed by atoms with van der Waals surface area (Å²) in [6, 6.07) is 7.46. The minimum atomic E-state index is 0.484. The highest BCUT2D eigenvalue weighted by Gasteiger charge is 2.24. The van der Waals surface area contributed by atoms with Crippen LogP contribution in [0.25, 0.3) is 0 Å². The van der Waals surface area contributed by atoms with Gasteiger partial charge in [-0.3, -0.25) is 9.80 Å². The molecule has 1 saturated heterocycles. The quantitative estimate of drug-likeness (QED) is 0.846. The molecule has 5 heteroatoms. The Bertz CT molecular complexity index is 525. The predicted molar refractivity (Wildman–Crippen MR) is 98.3 cm³/mol. The summed E-state index contributed by atoms with van der Waals surface area (Å²) in [5.74, 6) is 1.05. The Labute approximate surface area is 148 Å². The molecule has 4 nitrogen and oxygen atoms in total. The van der Waals surface area contributed by atoms with Gasteiger partial charge in [-0.1, -0.05) is 15.9 Å². The molecule has 1 fully saturated rings. The van der Waals surface area contributed by atoms with E-state index in [0.717, 1.165) is 42.9 Å². The van der Waals surface area contributed by atoms with Gasteiger partial charge in [0.15, 0.2) is 0 Å². The number of benzene rings is 1. The van der Waals surface area contributed by atoms with Crippen LogP contribution < -0.4 is 10.1 Å². The van der Waals surface area contributed by atoms with Crippen molar-refractivity contribution >= 4 is 15.9 Å². The van der Waals surface area contributed by atoms with E-state index in [9.17, 15) is 0 Å². The van der Waals surface area contributed by atoms with Gasteiger partial charge in [0.25, 0.3) is 0 Å². The number of piperazine rings is 1. The average Bonchev–Trinajstić information content (AvgIpc) is 2.55. The zero-order chi connectivity index (χ0) is 16.2. The maximum absolute atomic E-state index is 5.94. The van der Waals surface area contributed by atoms with Crippen LogP contribution in [-0.4, -0.2) is 68.3 Å².